The first-order chi connectivity index (χ1) is 19.0. The molecule has 2 aliphatic heterocycles. The Morgan fingerprint density at radius 3 is 2.13 bits per heavy atom. The second kappa shape index (κ2) is 12.4. The van der Waals surface area contributed by atoms with E-state index in [2.05, 4.69) is 17.1 Å². The molecule has 4 unspecified atom stereocenters. The van der Waals surface area contributed by atoms with Gasteiger partial charge in [-0.1, -0.05) is 41.6 Å². The van der Waals surface area contributed by atoms with Gasteiger partial charge in [-0.2, -0.15) is 0 Å². The fraction of sp³-hybridized carbons (Fsp3) is 0.414. The molecular weight excluding hydrogens is 538 g/mol. The summed E-state index contributed by atoms with van der Waals surface area (Å²) in [6, 6.07) is 8.20. The van der Waals surface area contributed by atoms with Crippen LogP contribution < -0.4 is 0 Å². The van der Waals surface area contributed by atoms with Gasteiger partial charge >= 0.3 is 11.9 Å². The summed E-state index contributed by atoms with van der Waals surface area (Å²) in [6.45, 7) is 1.22. The van der Waals surface area contributed by atoms with Crippen LogP contribution in [0.4, 0.5) is 0 Å². The highest BCUT2D eigenvalue weighted by Crippen LogP contribution is 2.43. The Bertz CT molecular complexity index is 1330. The van der Waals surface area contributed by atoms with E-state index in [1.165, 1.54) is 30.8 Å². The maximum absolute atomic E-state index is 11.9. The van der Waals surface area contributed by atoms with Crippen molar-refractivity contribution in [3.63, 3.8) is 0 Å². The number of aliphatic hydroxyl groups is 1. The average molecular weight is 570 g/mol. The molecule has 2 aliphatic carbocycles. The predicted octanol–water partition coefficient (Wildman–Crippen LogP) is 4.67. The van der Waals surface area contributed by atoms with Crippen molar-refractivity contribution >= 4 is 45.3 Å². The quantitative estimate of drug-likeness (QED) is 0.302. The van der Waals surface area contributed by atoms with Crippen LogP contribution in [0.1, 0.15) is 12.8 Å². The minimum Gasteiger partial charge on any atom is -0.500 e. The molecule has 4 atom stereocenters. The lowest BCUT2D eigenvalue weighted by atomic mass is 9.85. The van der Waals surface area contributed by atoms with Crippen LogP contribution in [0.5, 0.6) is 0 Å². The Morgan fingerprint density at radius 2 is 1.54 bits per heavy atom. The zero-order valence-electron chi connectivity index (χ0n) is 21.8. The molecule has 0 bridgehead atoms. The van der Waals surface area contributed by atoms with E-state index in [0.717, 1.165) is 34.0 Å². The number of thioether (sulfide) groups is 1. The number of methoxy groups -OCH3 is 2. The van der Waals surface area contributed by atoms with Gasteiger partial charge in [-0.05, 0) is 30.5 Å². The van der Waals surface area contributed by atoms with E-state index in [-0.39, 0.29) is 42.2 Å². The number of rotatable bonds is 6. The highest BCUT2D eigenvalue weighted by Gasteiger charge is 2.39. The van der Waals surface area contributed by atoms with Crippen molar-refractivity contribution in [3.8, 4) is 0 Å². The number of para-hydroxylation sites is 1. The zero-order valence-corrected chi connectivity index (χ0v) is 23.5. The molecule has 2 aromatic rings. The fourth-order valence-electron chi connectivity index (χ4n) is 5.54. The maximum atomic E-state index is 11.9. The molecule has 1 N–H and O–H groups in total. The lowest BCUT2D eigenvalue weighted by Gasteiger charge is -2.27. The van der Waals surface area contributed by atoms with Gasteiger partial charge in [-0.25, -0.2) is 14.6 Å². The summed E-state index contributed by atoms with van der Waals surface area (Å²) >= 11 is 3.49. The van der Waals surface area contributed by atoms with E-state index in [1.54, 1.807) is 29.4 Å². The molecule has 6 rings (SSSR count). The van der Waals surface area contributed by atoms with Crippen LogP contribution in [0, 0.1) is 23.7 Å². The number of benzene rings is 1. The van der Waals surface area contributed by atoms with Gasteiger partial charge in [0.25, 0.3) is 0 Å². The van der Waals surface area contributed by atoms with Gasteiger partial charge in [0.2, 0.25) is 0 Å². The van der Waals surface area contributed by atoms with Crippen molar-refractivity contribution < 1.29 is 33.6 Å². The molecule has 206 valence electrons. The van der Waals surface area contributed by atoms with E-state index in [9.17, 15) is 9.59 Å². The Morgan fingerprint density at radius 1 is 0.949 bits per heavy atom. The second-order valence-electron chi connectivity index (χ2n) is 9.65. The lowest BCUT2D eigenvalue weighted by Crippen LogP contribution is -2.28. The number of ether oxygens (including phenoxy) is 4. The average Bonchev–Trinajstić information content (AvgIpc) is 3.71. The van der Waals surface area contributed by atoms with E-state index in [4.69, 9.17) is 24.1 Å². The van der Waals surface area contributed by atoms with Gasteiger partial charge in [0.15, 0.2) is 4.34 Å². The van der Waals surface area contributed by atoms with Crippen LogP contribution in [0.2, 0.25) is 0 Å². The lowest BCUT2D eigenvalue weighted by molar-refractivity contribution is -0.138. The van der Waals surface area contributed by atoms with Gasteiger partial charge in [0.1, 0.15) is 0 Å². The number of nitrogens with zero attached hydrogens (tertiary/aromatic N) is 1. The van der Waals surface area contributed by atoms with Crippen LogP contribution in [0.3, 0.4) is 0 Å². The number of allylic oxidation sites excluding steroid dienone is 2. The number of aromatic nitrogens is 1. The highest BCUT2D eigenvalue weighted by molar-refractivity contribution is 8.01. The van der Waals surface area contributed by atoms with Gasteiger partial charge in [0.05, 0.1) is 67.9 Å². The van der Waals surface area contributed by atoms with Crippen molar-refractivity contribution in [1.29, 1.82) is 0 Å². The van der Waals surface area contributed by atoms with Crippen molar-refractivity contribution in [3.05, 3.63) is 71.2 Å². The SMILES string of the molecule is COC(=O)C1=COCC2C(CO)=CCC12.COC(=O)C1=COCC2C(CSc3nc4ccccc4s3)=CCC12. The molecule has 0 fully saturated rings. The topological polar surface area (TPSA) is 104 Å². The number of fused-ring (bicyclic) bond motifs is 3. The van der Waals surface area contributed by atoms with Crippen LogP contribution in [0.15, 0.2) is 75.6 Å². The van der Waals surface area contributed by atoms with Crippen molar-refractivity contribution in [2.24, 2.45) is 23.7 Å². The summed E-state index contributed by atoms with van der Waals surface area (Å²) in [5.41, 5.74) is 4.60. The number of aliphatic hydroxyl groups excluding tert-OH is 1. The normalized spacial score (nSPS) is 24.9. The monoisotopic (exact) mass is 569 g/mol. The molecule has 8 nitrogen and oxygen atoms in total. The summed E-state index contributed by atoms with van der Waals surface area (Å²) in [4.78, 5) is 28.0. The third kappa shape index (κ3) is 5.78. The molecule has 0 radical (unpaired) electrons. The molecule has 0 amide bonds. The minimum absolute atomic E-state index is 0.0407. The molecule has 4 aliphatic rings. The van der Waals surface area contributed by atoms with Crippen LogP contribution >= 0.6 is 23.1 Å². The molecule has 1 aromatic heterocycles. The number of esters is 2. The van der Waals surface area contributed by atoms with Crippen molar-refractivity contribution in [2.45, 2.75) is 17.2 Å². The van der Waals surface area contributed by atoms with Gasteiger partial charge in [-0.3, -0.25) is 0 Å². The number of hydrogen-bond donors (Lipinski definition) is 1. The van der Waals surface area contributed by atoms with Gasteiger partial charge in [0, 0.05) is 29.4 Å². The summed E-state index contributed by atoms with van der Waals surface area (Å²) in [7, 11) is 2.78. The highest BCUT2D eigenvalue weighted by atomic mass is 32.2. The van der Waals surface area contributed by atoms with Crippen LogP contribution in [-0.2, 0) is 28.5 Å². The zero-order chi connectivity index (χ0) is 27.4. The van der Waals surface area contributed by atoms with E-state index in [1.807, 2.05) is 24.3 Å². The molecule has 3 heterocycles. The van der Waals surface area contributed by atoms with E-state index < -0.39 is 0 Å². The smallest absolute Gasteiger partial charge is 0.337 e. The number of hydrogen-bond acceptors (Lipinski definition) is 10. The Kier molecular flexibility index (Phi) is 8.74. The largest absolute Gasteiger partial charge is 0.500 e. The Balaban J connectivity index is 0.000000177. The molecule has 10 heteroatoms. The summed E-state index contributed by atoms with van der Waals surface area (Å²) in [5.74, 6) is 0.986. The number of thiazole rings is 1. The standard InChI is InChI=1S/C18H17NO3S2.C11H14O4/c1-21-17(20)14-9-22-8-13-11(6-7-12(13)14)10-23-18-19-15-4-2-3-5-16(15)24-18;1-14-11(13)10-6-15-5-9-7(4-12)2-3-8(9)10/h2-6,9,12-13H,7-8,10H2,1H3;2,6,8-9,12H,3-5H2,1H3. The summed E-state index contributed by atoms with van der Waals surface area (Å²) in [6.07, 6.45) is 8.96. The number of carbonyl (C=O) groups is 2. The molecular formula is C29H31NO7S2. The van der Waals surface area contributed by atoms with E-state index in [0.29, 0.717) is 24.4 Å². The maximum Gasteiger partial charge on any atom is 0.337 e. The van der Waals surface area contributed by atoms with Crippen molar-refractivity contribution in [1.82, 2.24) is 4.98 Å². The van der Waals surface area contributed by atoms with Crippen molar-refractivity contribution in [2.75, 3.05) is 39.8 Å². The minimum atomic E-state index is -0.336. The second-order valence-corrected chi connectivity index (χ2v) is 11.9. The Labute approximate surface area is 235 Å². The van der Waals surface area contributed by atoms with Gasteiger partial charge < -0.3 is 24.1 Å². The molecule has 1 aromatic carbocycles. The Hall–Kier alpha value is -3.08. The molecule has 0 saturated carbocycles. The van der Waals surface area contributed by atoms with Gasteiger partial charge in [-0.15, -0.1) is 11.3 Å². The first kappa shape index (κ1) is 27.5. The van der Waals surface area contributed by atoms with Crippen LogP contribution in [0.25, 0.3) is 10.2 Å². The first-order valence-electron chi connectivity index (χ1n) is 12.8. The fourth-order valence-corrected chi connectivity index (χ4v) is 7.70. The van der Waals surface area contributed by atoms with Crippen LogP contribution in [-0.4, -0.2) is 61.8 Å². The summed E-state index contributed by atoms with van der Waals surface area (Å²) in [5, 5.41) is 9.13. The number of carbonyl (C=O) groups excluding carboxylic acids is 2. The molecule has 39 heavy (non-hydrogen) atoms. The summed E-state index contributed by atoms with van der Waals surface area (Å²) < 4.78 is 22.6. The molecule has 0 spiro atoms. The third-order valence-electron chi connectivity index (χ3n) is 7.62. The third-order valence-corrected chi connectivity index (χ3v) is 9.87. The van der Waals surface area contributed by atoms with E-state index >= 15 is 0 Å². The molecule has 0 saturated heterocycles. The predicted molar refractivity (Wildman–Crippen MR) is 149 cm³/mol. The first-order valence-corrected chi connectivity index (χ1v) is 14.6.